The van der Waals surface area contributed by atoms with E-state index in [1.807, 2.05) is 13.8 Å². The molecule has 1 aromatic rings. The monoisotopic (exact) mass is 374 g/mol. The summed E-state index contributed by atoms with van der Waals surface area (Å²) in [6, 6.07) is 4.43. The first kappa shape index (κ1) is 23.3. The van der Waals surface area contributed by atoms with Gasteiger partial charge in [-0.1, -0.05) is 61.0 Å². The Labute approximate surface area is 166 Å². The highest BCUT2D eigenvalue weighted by Crippen LogP contribution is 2.41. The van der Waals surface area contributed by atoms with E-state index in [1.54, 1.807) is 6.08 Å². The lowest BCUT2D eigenvalue weighted by Gasteiger charge is -2.29. The van der Waals surface area contributed by atoms with Gasteiger partial charge in [0.1, 0.15) is 5.75 Å². The molecule has 0 aliphatic rings. The van der Waals surface area contributed by atoms with Crippen LogP contribution >= 0.6 is 0 Å². The summed E-state index contributed by atoms with van der Waals surface area (Å²) in [6.45, 7) is 20.2. The van der Waals surface area contributed by atoms with E-state index in [9.17, 15) is 4.79 Å². The van der Waals surface area contributed by atoms with E-state index in [-0.39, 0.29) is 16.8 Å². The number of esters is 1. The Balaban J connectivity index is 3.65. The van der Waals surface area contributed by atoms with Crippen molar-refractivity contribution in [3.05, 3.63) is 34.9 Å². The molecule has 0 saturated heterocycles. The van der Waals surface area contributed by atoms with E-state index in [1.165, 1.54) is 11.1 Å². The molecule has 0 bridgehead atoms. The van der Waals surface area contributed by atoms with Gasteiger partial charge in [-0.05, 0) is 48.3 Å². The molecule has 0 aliphatic heterocycles. The van der Waals surface area contributed by atoms with Gasteiger partial charge in [-0.3, -0.25) is 0 Å². The summed E-state index contributed by atoms with van der Waals surface area (Å²) in [5, 5.41) is 0. The standard InChI is InChI=1S/C24H38O3/c1-10-12-13-27-22-19(17(3)14-21(25)26-11-2)15-18(23(4,5)6)16-20(22)24(7,8)9/h14-16H,10-13H2,1-9H3/b17-14+. The summed E-state index contributed by atoms with van der Waals surface area (Å²) in [6.07, 6.45) is 3.66. The third kappa shape index (κ3) is 6.71. The number of carbonyl (C=O) groups excluding carboxylic acids is 1. The summed E-state index contributed by atoms with van der Waals surface area (Å²) < 4.78 is 11.4. The van der Waals surface area contributed by atoms with Crippen molar-refractivity contribution in [2.45, 2.75) is 86.0 Å². The maximum Gasteiger partial charge on any atom is 0.331 e. The van der Waals surface area contributed by atoms with Crippen LogP contribution in [0.3, 0.4) is 0 Å². The van der Waals surface area contributed by atoms with E-state index >= 15 is 0 Å². The molecular formula is C24H38O3. The Bertz CT molecular complexity index is 670. The highest BCUT2D eigenvalue weighted by atomic mass is 16.5. The average Bonchev–Trinajstić information content (AvgIpc) is 2.52. The molecule has 0 aliphatic carbocycles. The van der Waals surface area contributed by atoms with Crippen LogP contribution in [0.1, 0.15) is 91.8 Å². The fourth-order valence-corrected chi connectivity index (χ4v) is 2.82. The van der Waals surface area contributed by atoms with Crippen LogP contribution in [-0.4, -0.2) is 19.2 Å². The third-order valence-electron chi connectivity index (χ3n) is 4.55. The van der Waals surface area contributed by atoms with Crippen LogP contribution in [0.4, 0.5) is 0 Å². The highest BCUT2D eigenvalue weighted by Gasteiger charge is 2.26. The summed E-state index contributed by atoms with van der Waals surface area (Å²) in [7, 11) is 0. The zero-order valence-electron chi connectivity index (χ0n) is 18.8. The summed E-state index contributed by atoms with van der Waals surface area (Å²) >= 11 is 0. The smallest absolute Gasteiger partial charge is 0.331 e. The summed E-state index contributed by atoms with van der Waals surface area (Å²) in [4.78, 5) is 12.0. The second kappa shape index (κ2) is 9.43. The highest BCUT2D eigenvalue weighted by molar-refractivity contribution is 5.92. The topological polar surface area (TPSA) is 35.5 Å². The van der Waals surface area contributed by atoms with E-state index in [0.29, 0.717) is 13.2 Å². The fraction of sp³-hybridized carbons (Fsp3) is 0.625. The van der Waals surface area contributed by atoms with Crippen molar-refractivity contribution >= 4 is 11.5 Å². The zero-order valence-corrected chi connectivity index (χ0v) is 18.8. The molecule has 0 radical (unpaired) electrons. The molecule has 3 nitrogen and oxygen atoms in total. The van der Waals surface area contributed by atoms with Gasteiger partial charge in [0.15, 0.2) is 0 Å². The molecule has 0 heterocycles. The molecule has 0 aromatic heterocycles. The number of rotatable bonds is 7. The SMILES string of the molecule is CCCCOc1c(/C(C)=C/C(=O)OCC)cc(C(C)(C)C)cc1C(C)(C)C. The first-order valence-electron chi connectivity index (χ1n) is 10.1. The predicted octanol–water partition coefficient (Wildman–Crippen LogP) is 6.43. The molecule has 0 atom stereocenters. The Kier molecular flexibility index (Phi) is 8.13. The van der Waals surface area contributed by atoms with Gasteiger partial charge in [0, 0.05) is 17.2 Å². The van der Waals surface area contributed by atoms with Gasteiger partial charge in [-0.15, -0.1) is 0 Å². The number of hydrogen-bond acceptors (Lipinski definition) is 3. The molecule has 1 rings (SSSR count). The molecule has 0 N–H and O–H groups in total. The number of benzene rings is 1. The van der Waals surface area contributed by atoms with Crippen LogP contribution < -0.4 is 4.74 Å². The number of allylic oxidation sites excluding steroid dienone is 1. The molecule has 3 heteroatoms. The molecule has 152 valence electrons. The molecule has 0 spiro atoms. The van der Waals surface area contributed by atoms with Gasteiger partial charge in [0.2, 0.25) is 0 Å². The molecule has 0 unspecified atom stereocenters. The first-order chi connectivity index (χ1) is 12.4. The average molecular weight is 375 g/mol. The molecule has 0 fully saturated rings. The summed E-state index contributed by atoms with van der Waals surface area (Å²) in [5.74, 6) is 0.579. The fourth-order valence-electron chi connectivity index (χ4n) is 2.82. The van der Waals surface area contributed by atoms with Crippen molar-refractivity contribution in [1.82, 2.24) is 0 Å². The lowest BCUT2D eigenvalue weighted by atomic mass is 9.78. The van der Waals surface area contributed by atoms with Gasteiger partial charge >= 0.3 is 5.97 Å². The van der Waals surface area contributed by atoms with E-state index in [0.717, 1.165) is 29.7 Å². The van der Waals surface area contributed by atoms with Crippen LogP contribution in [0.5, 0.6) is 5.75 Å². The number of hydrogen-bond donors (Lipinski definition) is 0. The van der Waals surface area contributed by atoms with Crippen LogP contribution in [0, 0.1) is 0 Å². The minimum Gasteiger partial charge on any atom is -0.493 e. The van der Waals surface area contributed by atoms with E-state index in [2.05, 4.69) is 60.6 Å². The Morgan fingerprint density at radius 3 is 2.15 bits per heavy atom. The minimum atomic E-state index is -0.312. The van der Waals surface area contributed by atoms with Gasteiger partial charge in [0.25, 0.3) is 0 Å². The lowest BCUT2D eigenvalue weighted by molar-refractivity contribution is -0.137. The van der Waals surface area contributed by atoms with Gasteiger partial charge in [0.05, 0.1) is 13.2 Å². The van der Waals surface area contributed by atoms with Crippen LogP contribution in [0.15, 0.2) is 18.2 Å². The second-order valence-corrected chi connectivity index (χ2v) is 9.18. The molecule has 0 saturated carbocycles. The maximum absolute atomic E-state index is 12.0. The Morgan fingerprint density at radius 2 is 1.67 bits per heavy atom. The normalized spacial score (nSPS) is 12.9. The van der Waals surface area contributed by atoms with Crippen molar-refractivity contribution in [1.29, 1.82) is 0 Å². The van der Waals surface area contributed by atoms with Crippen molar-refractivity contribution in [3.8, 4) is 5.75 Å². The van der Waals surface area contributed by atoms with Gasteiger partial charge < -0.3 is 9.47 Å². The number of carbonyl (C=O) groups is 1. The molecular weight excluding hydrogens is 336 g/mol. The maximum atomic E-state index is 12.0. The lowest BCUT2D eigenvalue weighted by Crippen LogP contribution is -2.19. The molecule has 0 amide bonds. The quantitative estimate of drug-likeness (QED) is 0.313. The van der Waals surface area contributed by atoms with Crippen molar-refractivity contribution in [2.75, 3.05) is 13.2 Å². The molecule has 1 aromatic carbocycles. The van der Waals surface area contributed by atoms with Crippen LogP contribution in [0.2, 0.25) is 0 Å². The van der Waals surface area contributed by atoms with Gasteiger partial charge in [-0.2, -0.15) is 0 Å². The van der Waals surface area contributed by atoms with E-state index in [4.69, 9.17) is 9.47 Å². The van der Waals surface area contributed by atoms with Crippen molar-refractivity contribution < 1.29 is 14.3 Å². The zero-order chi connectivity index (χ0) is 20.8. The van der Waals surface area contributed by atoms with Crippen molar-refractivity contribution in [2.24, 2.45) is 0 Å². The number of ether oxygens (including phenoxy) is 2. The minimum absolute atomic E-state index is 0.000899. The largest absolute Gasteiger partial charge is 0.493 e. The van der Waals surface area contributed by atoms with E-state index < -0.39 is 0 Å². The van der Waals surface area contributed by atoms with Crippen LogP contribution in [-0.2, 0) is 20.4 Å². The summed E-state index contributed by atoms with van der Waals surface area (Å²) in [5.41, 5.74) is 4.20. The third-order valence-corrected chi connectivity index (χ3v) is 4.55. The van der Waals surface area contributed by atoms with Crippen LogP contribution in [0.25, 0.3) is 5.57 Å². The van der Waals surface area contributed by atoms with Crippen molar-refractivity contribution in [3.63, 3.8) is 0 Å². The Hall–Kier alpha value is -1.77. The molecule has 27 heavy (non-hydrogen) atoms. The second-order valence-electron chi connectivity index (χ2n) is 9.18. The first-order valence-corrected chi connectivity index (χ1v) is 10.1. The Morgan fingerprint density at radius 1 is 1.04 bits per heavy atom. The number of unbranched alkanes of at least 4 members (excludes halogenated alkanes) is 1. The predicted molar refractivity (Wildman–Crippen MR) is 115 cm³/mol. The van der Waals surface area contributed by atoms with Gasteiger partial charge in [-0.25, -0.2) is 4.79 Å².